The highest BCUT2D eigenvalue weighted by atomic mass is 16.4. The molecule has 2 rings (SSSR count). The van der Waals surface area contributed by atoms with Gasteiger partial charge >= 0.3 is 5.97 Å². The predicted octanol–water partition coefficient (Wildman–Crippen LogP) is 4.42. The molecule has 0 atom stereocenters. The summed E-state index contributed by atoms with van der Waals surface area (Å²) in [4.78, 5) is 23.6. The molecule has 0 aromatic heterocycles. The Bertz CT molecular complexity index is 508. The zero-order valence-electron chi connectivity index (χ0n) is 12.9. The van der Waals surface area contributed by atoms with E-state index < -0.39 is 5.97 Å². The zero-order valence-corrected chi connectivity index (χ0v) is 12.9. The number of rotatable bonds is 6. The average Bonchev–Trinajstić information content (AvgIpc) is 2.86. The molecule has 21 heavy (non-hydrogen) atoms. The molecular formula is C18H24O3. The van der Waals surface area contributed by atoms with Crippen LogP contribution in [0.3, 0.4) is 0 Å². The van der Waals surface area contributed by atoms with Crippen molar-refractivity contribution >= 4 is 11.8 Å². The fraction of sp³-hybridized carbons (Fsp3) is 0.556. The molecule has 3 heteroatoms. The Morgan fingerprint density at radius 2 is 1.67 bits per heavy atom. The minimum atomic E-state index is -0.792. The van der Waals surface area contributed by atoms with Crippen molar-refractivity contribution in [3.63, 3.8) is 0 Å². The van der Waals surface area contributed by atoms with Gasteiger partial charge in [0.25, 0.3) is 0 Å². The highest BCUT2D eigenvalue weighted by molar-refractivity contribution is 5.96. The summed E-state index contributed by atoms with van der Waals surface area (Å²) in [5.41, 5.74) is 1.60. The van der Waals surface area contributed by atoms with Gasteiger partial charge in [0.15, 0.2) is 5.78 Å². The Morgan fingerprint density at radius 3 is 2.14 bits per heavy atom. The molecule has 3 nitrogen and oxygen atoms in total. The van der Waals surface area contributed by atoms with Crippen LogP contribution in [0.4, 0.5) is 0 Å². The summed E-state index contributed by atoms with van der Waals surface area (Å²) >= 11 is 0. The second kappa shape index (κ2) is 6.42. The largest absolute Gasteiger partial charge is 0.481 e. The van der Waals surface area contributed by atoms with Crippen molar-refractivity contribution in [2.24, 2.45) is 5.41 Å². The van der Waals surface area contributed by atoms with Crippen molar-refractivity contribution in [2.75, 3.05) is 0 Å². The number of carboxylic acids is 1. The summed E-state index contributed by atoms with van der Waals surface area (Å²) in [5.74, 6) is -0.268. The molecule has 0 spiro atoms. The molecule has 0 aliphatic heterocycles. The fourth-order valence-corrected chi connectivity index (χ4v) is 3.36. The first kappa shape index (κ1) is 15.7. The van der Waals surface area contributed by atoms with E-state index in [1.54, 1.807) is 0 Å². The van der Waals surface area contributed by atoms with Crippen LogP contribution in [0.25, 0.3) is 0 Å². The lowest BCUT2D eigenvalue weighted by Gasteiger charge is -2.26. The van der Waals surface area contributed by atoms with Crippen LogP contribution in [0, 0.1) is 5.41 Å². The van der Waals surface area contributed by atoms with Gasteiger partial charge in [0.05, 0.1) is 6.42 Å². The summed E-state index contributed by atoms with van der Waals surface area (Å²) in [6.07, 6.45) is 4.26. The third kappa shape index (κ3) is 3.93. The van der Waals surface area contributed by atoms with Crippen LogP contribution in [-0.2, 0) is 4.79 Å². The molecule has 0 amide bonds. The van der Waals surface area contributed by atoms with Gasteiger partial charge in [0, 0.05) is 12.0 Å². The maximum absolute atomic E-state index is 12.5. The Kier molecular flexibility index (Phi) is 4.81. The minimum absolute atomic E-state index is 0.0773. The lowest BCUT2D eigenvalue weighted by molar-refractivity contribution is -0.139. The number of benzene rings is 1. The fourth-order valence-electron chi connectivity index (χ4n) is 3.36. The van der Waals surface area contributed by atoms with Crippen molar-refractivity contribution < 1.29 is 14.7 Å². The van der Waals surface area contributed by atoms with Crippen molar-refractivity contribution in [1.29, 1.82) is 0 Å². The first-order valence-electron chi connectivity index (χ1n) is 7.77. The van der Waals surface area contributed by atoms with E-state index in [-0.39, 0.29) is 17.6 Å². The molecule has 0 unspecified atom stereocenters. The minimum Gasteiger partial charge on any atom is -0.481 e. The molecule has 1 saturated carbocycles. The summed E-state index contributed by atoms with van der Waals surface area (Å²) in [6, 6.07) is 7.75. The number of carbonyl (C=O) groups is 2. The van der Waals surface area contributed by atoms with Crippen molar-refractivity contribution in [2.45, 2.75) is 58.3 Å². The molecule has 114 valence electrons. The maximum atomic E-state index is 12.5. The topological polar surface area (TPSA) is 54.4 Å². The molecule has 1 aliphatic carbocycles. The Hall–Kier alpha value is -1.64. The molecule has 1 fully saturated rings. The normalized spacial score (nSPS) is 17.1. The van der Waals surface area contributed by atoms with Gasteiger partial charge in [-0.05, 0) is 29.7 Å². The van der Waals surface area contributed by atoms with E-state index in [0.717, 1.165) is 25.7 Å². The first-order valence-corrected chi connectivity index (χ1v) is 7.77. The van der Waals surface area contributed by atoms with E-state index in [1.165, 1.54) is 5.56 Å². The van der Waals surface area contributed by atoms with Crippen molar-refractivity contribution in [3.8, 4) is 0 Å². The number of carboxylic acid groups (broad SMARTS) is 1. The van der Waals surface area contributed by atoms with Gasteiger partial charge in [0.1, 0.15) is 0 Å². The van der Waals surface area contributed by atoms with Crippen molar-refractivity contribution in [3.05, 3.63) is 35.4 Å². The Balaban J connectivity index is 2.10. The monoisotopic (exact) mass is 288 g/mol. The van der Waals surface area contributed by atoms with E-state index in [4.69, 9.17) is 5.11 Å². The van der Waals surface area contributed by atoms with Gasteiger partial charge in [-0.1, -0.05) is 51.0 Å². The average molecular weight is 288 g/mol. The highest BCUT2D eigenvalue weighted by Crippen LogP contribution is 2.44. The van der Waals surface area contributed by atoms with Crippen molar-refractivity contribution in [1.82, 2.24) is 0 Å². The van der Waals surface area contributed by atoms with Crippen LogP contribution in [0.2, 0.25) is 0 Å². The van der Waals surface area contributed by atoms with E-state index in [1.807, 2.05) is 24.3 Å². The van der Waals surface area contributed by atoms with E-state index in [0.29, 0.717) is 17.9 Å². The highest BCUT2D eigenvalue weighted by Gasteiger charge is 2.38. The predicted molar refractivity (Wildman–Crippen MR) is 82.6 cm³/mol. The first-order chi connectivity index (χ1) is 9.92. The van der Waals surface area contributed by atoms with Crippen LogP contribution >= 0.6 is 0 Å². The Labute approximate surface area is 126 Å². The van der Waals surface area contributed by atoms with Gasteiger partial charge in [-0.3, -0.25) is 9.59 Å². The van der Waals surface area contributed by atoms with Gasteiger partial charge in [0.2, 0.25) is 0 Å². The number of aliphatic carboxylic acids is 1. The number of carbonyl (C=O) groups excluding carboxylic acids is 1. The third-order valence-electron chi connectivity index (χ3n) is 4.63. The smallest absolute Gasteiger partial charge is 0.303 e. The molecule has 1 N–H and O–H groups in total. The summed E-state index contributed by atoms with van der Waals surface area (Å²) in [5, 5.41) is 9.11. The van der Waals surface area contributed by atoms with E-state index in [9.17, 15) is 9.59 Å². The standard InChI is InChI=1S/C18H24O3/c1-13(2)14-5-7-15(8-6-14)16(19)11-18(12-17(20)21)9-3-4-10-18/h5-8,13H,3-4,9-12H2,1-2H3,(H,20,21). The third-order valence-corrected chi connectivity index (χ3v) is 4.63. The maximum Gasteiger partial charge on any atom is 0.303 e. The number of hydrogen-bond acceptors (Lipinski definition) is 2. The van der Waals surface area contributed by atoms with E-state index >= 15 is 0 Å². The van der Waals surface area contributed by atoms with Crippen LogP contribution in [0.5, 0.6) is 0 Å². The van der Waals surface area contributed by atoms with Crippen LogP contribution < -0.4 is 0 Å². The molecule has 0 radical (unpaired) electrons. The number of ketones is 1. The van der Waals surface area contributed by atoms with Gasteiger partial charge in [-0.15, -0.1) is 0 Å². The van der Waals surface area contributed by atoms with Crippen LogP contribution in [-0.4, -0.2) is 16.9 Å². The molecule has 1 aliphatic rings. The van der Waals surface area contributed by atoms with Gasteiger partial charge in [-0.25, -0.2) is 0 Å². The molecule has 0 bridgehead atoms. The lowest BCUT2D eigenvalue weighted by Crippen LogP contribution is -2.24. The van der Waals surface area contributed by atoms with Gasteiger partial charge in [-0.2, -0.15) is 0 Å². The van der Waals surface area contributed by atoms with Gasteiger partial charge < -0.3 is 5.11 Å². The van der Waals surface area contributed by atoms with E-state index in [2.05, 4.69) is 13.8 Å². The molecule has 0 saturated heterocycles. The summed E-state index contributed by atoms with van der Waals surface area (Å²) in [7, 11) is 0. The molecule has 1 aromatic rings. The van der Waals surface area contributed by atoms with Crippen LogP contribution in [0.15, 0.2) is 24.3 Å². The molecule has 1 aromatic carbocycles. The van der Waals surface area contributed by atoms with Crippen LogP contribution in [0.1, 0.15) is 74.2 Å². The number of Topliss-reactive ketones (excluding diaryl/α,β-unsaturated/α-hetero) is 1. The Morgan fingerprint density at radius 1 is 1.10 bits per heavy atom. The second-order valence-electron chi connectivity index (χ2n) is 6.65. The quantitative estimate of drug-likeness (QED) is 0.788. The zero-order chi connectivity index (χ0) is 15.5. The summed E-state index contributed by atoms with van der Waals surface area (Å²) < 4.78 is 0. The second-order valence-corrected chi connectivity index (χ2v) is 6.65. The lowest BCUT2D eigenvalue weighted by atomic mass is 9.77. The summed E-state index contributed by atoms with van der Waals surface area (Å²) in [6.45, 7) is 4.24. The SMILES string of the molecule is CC(C)c1ccc(C(=O)CC2(CC(=O)O)CCCC2)cc1. The molecule has 0 heterocycles. The molecular weight excluding hydrogens is 264 g/mol. The number of hydrogen-bond donors (Lipinski definition) is 1.